The molecule has 0 radical (unpaired) electrons. The molecule has 0 amide bonds. The van der Waals surface area contributed by atoms with Gasteiger partial charge < -0.3 is 4.57 Å². The summed E-state index contributed by atoms with van der Waals surface area (Å²) in [5.74, 6) is 1.36. The second-order valence-corrected chi connectivity index (χ2v) is 11.3. The summed E-state index contributed by atoms with van der Waals surface area (Å²) in [7, 11) is 1.66. The highest BCUT2D eigenvalue weighted by atomic mass is 16.2. The summed E-state index contributed by atoms with van der Waals surface area (Å²) in [6, 6.07) is 25.1. The van der Waals surface area contributed by atoms with E-state index in [4.69, 9.17) is 4.98 Å². The smallest absolute Gasteiger partial charge is 0.318 e. The van der Waals surface area contributed by atoms with Gasteiger partial charge in [-0.05, 0) is 44.7 Å². The zero-order chi connectivity index (χ0) is 28.7. The predicted octanol–water partition coefficient (Wildman–Crippen LogP) is 4.37. The Balaban J connectivity index is 1.47. The minimum atomic E-state index is -0.425. The van der Waals surface area contributed by atoms with Gasteiger partial charge in [0.1, 0.15) is 5.82 Å². The van der Waals surface area contributed by atoms with E-state index in [0.29, 0.717) is 35.6 Å². The van der Waals surface area contributed by atoms with E-state index < -0.39 is 5.69 Å². The topological polar surface area (TPSA) is 116 Å². The lowest BCUT2D eigenvalue weighted by Gasteiger charge is -2.19. The van der Waals surface area contributed by atoms with Gasteiger partial charge in [-0.25, -0.2) is 19.4 Å². The Morgan fingerprint density at radius 3 is 2.20 bits per heavy atom. The van der Waals surface area contributed by atoms with Crippen molar-refractivity contribution in [3.63, 3.8) is 0 Å². The van der Waals surface area contributed by atoms with Crippen LogP contribution in [-0.4, -0.2) is 39.3 Å². The maximum Gasteiger partial charge on any atom is 0.337 e. The Kier molecular flexibility index (Phi) is 6.45. The van der Waals surface area contributed by atoms with Gasteiger partial charge in [-0.3, -0.25) is 9.36 Å². The fraction of sp³-hybridized carbons (Fsp3) is 0.226. The lowest BCUT2D eigenvalue weighted by molar-refractivity contribution is 0.394. The van der Waals surface area contributed by atoms with Crippen LogP contribution < -0.4 is 11.2 Å². The molecule has 41 heavy (non-hydrogen) atoms. The Hall–Kier alpha value is -5.12. The number of nitrogens with zero attached hydrogens (tertiary/aromatic N) is 7. The molecule has 0 saturated heterocycles. The van der Waals surface area contributed by atoms with E-state index in [-0.39, 0.29) is 11.0 Å². The van der Waals surface area contributed by atoms with Crippen LogP contribution in [0.15, 0.2) is 88.5 Å². The summed E-state index contributed by atoms with van der Waals surface area (Å²) in [4.78, 5) is 32.1. The normalized spacial score (nSPS) is 11.8. The Morgan fingerprint density at radius 1 is 0.854 bits per heavy atom. The Labute approximate surface area is 235 Å². The van der Waals surface area contributed by atoms with Crippen molar-refractivity contribution in [2.75, 3.05) is 0 Å². The van der Waals surface area contributed by atoms with E-state index in [0.717, 1.165) is 28.1 Å². The van der Waals surface area contributed by atoms with E-state index in [2.05, 4.69) is 65.7 Å². The molecule has 0 fully saturated rings. The number of para-hydroxylation sites is 1. The predicted molar refractivity (Wildman–Crippen MR) is 158 cm³/mol. The first kappa shape index (κ1) is 26.1. The van der Waals surface area contributed by atoms with E-state index in [1.807, 2.05) is 47.0 Å². The lowest BCUT2D eigenvalue weighted by atomic mass is 9.92. The molecule has 0 atom stereocenters. The van der Waals surface area contributed by atoms with E-state index in [1.54, 1.807) is 19.2 Å². The highest BCUT2D eigenvalue weighted by Crippen LogP contribution is 2.30. The minimum Gasteiger partial charge on any atom is -0.318 e. The summed E-state index contributed by atoms with van der Waals surface area (Å²) in [5.41, 5.74) is 4.34. The molecule has 0 spiro atoms. The maximum absolute atomic E-state index is 14.0. The van der Waals surface area contributed by atoms with Crippen LogP contribution >= 0.6 is 0 Å². The minimum absolute atomic E-state index is 0.0838. The van der Waals surface area contributed by atoms with Crippen molar-refractivity contribution in [1.29, 1.82) is 0 Å². The molecule has 0 unspecified atom stereocenters. The molecule has 206 valence electrons. The number of aromatic amines is 1. The zero-order valence-corrected chi connectivity index (χ0v) is 23.4. The molecule has 10 nitrogen and oxygen atoms in total. The molecule has 10 heteroatoms. The van der Waals surface area contributed by atoms with Crippen LogP contribution in [0.3, 0.4) is 0 Å². The molecular formula is C31H30N8O2. The summed E-state index contributed by atoms with van der Waals surface area (Å²) in [5, 5.41) is 14.3. The van der Waals surface area contributed by atoms with E-state index in [9.17, 15) is 9.59 Å². The van der Waals surface area contributed by atoms with Gasteiger partial charge in [0.2, 0.25) is 0 Å². The van der Waals surface area contributed by atoms with E-state index >= 15 is 0 Å². The number of hydrogen-bond acceptors (Lipinski definition) is 6. The van der Waals surface area contributed by atoms with Crippen LogP contribution in [0.25, 0.3) is 39.4 Å². The van der Waals surface area contributed by atoms with Gasteiger partial charge in [-0.2, -0.15) is 0 Å². The molecule has 0 aliphatic carbocycles. The molecule has 0 aliphatic heterocycles. The average Bonchev–Trinajstić information content (AvgIpc) is 3.61. The van der Waals surface area contributed by atoms with Crippen LogP contribution in [0.1, 0.15) is 32.2 Å². The number of benzene rings is 3. The van der Waals surface area contributed by atoms with Crippen molar-refractivity contribution in [1.82, 2.24) is 39.3 Å². The van der Waals surface area contributed by atoms with Crippen molar-refractivity contribution >= 4 is 11.2 Å². The first-order valence-corrected chi connectivity index (χ1v) is 13.4. The number of aryl methyl sites for hydroxylation is 1. The second-order valence-electron chi connectivity index (χ2n) is 11.3. The van der Waals surface area contributed by atoms with Crippen LogP contribution in [0.2, 0.25) is 0 Å². The SMILES string of the molecule is Cn1c(=O)n(-c2ccccc2)c(=O)c2c1nc(CC(C)(C)C)n2Cc1ccc(-c2ccccc2-c2nnn[nH]2)cc1. The van der Waals surface area contributed by atoms with Gasteiger partial charge in [0.05, 0.1) is 5.69 Å². The van der Waals surface area contributed by atoms with Gasteiger partial charge in [0.25, 0.3) is 5.56 Å². The number of aromatic nitrogens is 8. The van der Waals surface area contributed by atoms with Crippen molar-refractivity contribution < 1.29 is 0 Å². The Morgan fingerprint density at radius 2 is 1.54 bits per heavy atom. The lowest BCUT2D eigenvalue weighted by Crippen LogP contribution is -2.38. The van der Waals surface area contributed by atoms with Gasteiger partial charge in [-0.15, -0.1) is 5.10 Å². The number of imidazole rings is 1. The van der Waals surface area contributed by atoms with E-state index in [1.165, 1.54) is 9.13 Å². The van der Waals surface area contributed by atoms with Gasteiger partial charge in [-0.1, -0.05) is 87.5 Å². The van der Waals surface area contributed by atoms with Crippen molar-refractivity contribution in [3.05, 3.63) is 111 Å². The molecule has 3 aromatic carbocycles. The van der Waals surface area contributed by atoms with Crippen molar-refractivity contribution in [2.45, 2.75) is 33.7 Å². The average molecular weight is 547 g/mol. The summed E-state index contributed by atoms with van der Waals surface area (Å²) in [6.45, 7) is 6.83. The molecule has 0 saturated carbocycles. The van der Waals surface area contributed by atoms with Gasteiger partial charge in [0, 0.05) is 25.6 Å². The third kappa shape index (κ3) is 4.88. The summed E-state index contributed by atoms with van der Waals surface area (Å²) in [6.07, 6.45) is 0.636. The molecule has 6 aromatic rings. The molecule has 3 aromatic heterocycles. The number of hydrogen-bond donors (Lipinski definition) is 1. The van der Waals surface area contributed by atoms with Gasteiger partial charge in [0.15, 0.2) is 17.0 Å². The third-order valence-corrected chi connectivity index (χ3v) is 7.07. The highest BCUT2D eigenvalue weighted by Gasteiger charge is 2.24. The fourth-order valence-electron chi connectivity index (χ4n) is 5.13. The molecular weight excluding hydrogens is 516 g/mol. The summed E-state index contributed by atoms with van der Waals surface area (Å²) < 4.78 is 4.65. The van der Waals surface area contributed by atoms with Crippen molar-refractivity contribution in [2.24, 2.45) is 12.5 Å². The number of H-pyrrole nitrogens is 1. The highest BCUT2D eigenvalue weighted by molar-refractivity contribution is 5.80. The van der Waals surface area contributed by atoms with Crippen LogP contribution in [0.5, 0.6) is 0 Å². The number of fused-ring (bicyclic) bond motifs is 1. The van der Waals surface area contributed by atoms with Crippen LogP contribution in [0, 0.1) is 5.41 Å². The molecule has 3 heterocycles. The second kappa shape index (κ2) is 10.1. The standard InChI is InChI=1S/C31H30N8O2/c1-31(2,3)18-25-32-28-26(29(40)39(30(41)37(28)4)22-10-6-5-7-11-22)38(25)19-20-14-16-21(17-15-20)23-12-8-9-13-24(23)27-33-35-36-34-27/h5-17H,18-19H2,1-4H3,(H,33,34,35,36). The zero-order valence-electron chi connectivity index (χ0n) is 23.4. The molecule has 0 aliphatic rings. The largest absolute Gasteiger partial charge is 0.337 e. The third-order valence-electron chi connectivity index (χ3n) is 7.07. The first-order valence-electron chi connectivity index (χ1n) is 13.4. The molecule has 0 bridgehead atoms. The van der Waals surface area contributed by atoms with Crippen molar-refractivity contribution in [3.8, 4) is 28.2 Å². The fourth-order valence-corrected chi connectivity index (χ4v) is 5.13. The molecule has 1 N–H and O–H groups in total. The maximum atomic E-state index is 14.0. The quantitative estimate of drug-likeness (QED) is 0.332. The summed E-state index contributed by atoms with van der Waals surface area (Å²) >= 11 is 0. The number of tetrazole rings is 1. The van der Waals surface area contributed by atoms with Crippen LogP contribution in [0.4, 0.5) is 0 Å². The molecule has 6 rings (SSSR count). The Bertz CT molecular complexity index is 1960. The van der Waals surface area contributed by atoms with Gasteiger partial charge >= 0.3 is 5.69 Å². The number of rotatable bonds is 6. The number of nitrogens with one attached hydrogen (secondary N) is 1. The van der Waals surface area contributed by atoms with Crippen LogP contribution in [-0.2, 0) is 20.0 Å². The first-order chi connectivity index (χ1) is 19.7. The monoisotopic (exact) mass is 546 g/mol.